The first-order valence-electron chi connectivity index (χ1n) is 6.94. The van der Waals surface area contributed by atoms with Crippen LogP contribution in [-0.4, -0.2) is 35.1 Å². The summed E-state index contributed by atoms with van der Waals surface area (Å²) in [6.07, 6.45) is 1.42. The molecule has 1 amide bonds. The largest absolute Gasteiger partial charge is 0.372 e. The number of carbonyl (C=O) groups is 1. The monoisotopic (exact) mass is 385 g/mol. The van der Waals surface area contributed by atoms with Crippen LogP contribution in [0.1, 0.15) is 23.2 Å². The van der Waals surface area contributed by atoms with Crippen molar-refractivity contribution in [3.05, 3.63) is 34.9 Å². The third kappa shape index (κ3) is 5.44. The minimum atomic E-state index is -1.63. The van der Waals surface area contributed by atoms with Crippen LogP contribution in [-0.2, 0) is 4.74 Å². The average Bonchev–Trinajstić information content (AvgIpc) is 2.95. The lowest BCUT2D eigenvalue weighted by Gasteiger charge is -2.24. The maximum absolute atomic E-state index is 12.3. The number of benzene rings is 1. The van der Waals surface area contributed by atoms with E-state index in [0.717, 1.165) is 19.4 Å². The lowest BCUT2D eigenvalue weighted by molar-refractivity contribution is -0.697. The molecule has 0 aromatic heterocycles. The van der Waals surface area contributed by atoms with Crippen LogP contribution >= 0.6 is 46.4 Å². The Morgan fingerprint density at radius 3 is 2.82 bits per heavy atom. The first-order valence-corrected chi connectivity index (χ1v) is 8.45. The molecule has 2 rings (SSSR count). The molecule has 0 radical (unpaired) electrons. The van der Waals surface area contributed by atoms with Gasteiger partial charge in [0.15, 0.2) is 0 Å². The number of alkyl halides is 3. The number of halogens is 4. The number of quaternary nitrogens is 1. The summed E-state index contributed by atoms with van der Waals surface area (Å²) in [7, 11) is 0. The number of nitrogens with two attached hydrogens (primary N) is 1. The van der Waals surface area contributed by atoms with Crippen molar-refractivity contribution in [1.82, 2.24) is 5.32 Å². The van der Waals surface area contributed by atoms with Gasteiger partial charge in [0.1, 0.15) is 12.6 Å². The molecule has 0 bridgehead atoms. The fourth-order valence-electron chi connectivity index (χ4n) is 2.25. The van der Waals surface area contributed by atoms with Crippen molar-refractivity contribution in [1.29, 1.82) is 0 Å². The molecule has 1 aliphatic rings. The Kier molecular flexibility index (Phi) is 6.62. The van der Waals surface area contributed by atoms with Crippen LogP contribution in [0.5, 0.6) is 0 Å². The molecule has 0 aliphatic carbocycles. The van der Waals surface area contributed by atoms with Crippen molar-refractivity contribution >= 4 is 52.3 Å². The standard InChI is InChI=1S/C14H16Cl4N2O2/c15-10-4-1-3-9(7-10)12(21)20-13(14(16,17)18)19-8-11-5-2-6-22-11/h1,3-4,7,11,13,19H,2,5-6,8H2,(H,20,21)/p+1/t11-,13+/m1/s1. The topological polar surface area (TPSA) is 54.9 Å². The third-order valence-electron chi connectivity index (χ3n) is 3.38. The van der Waals surface area contributed by atoms with Crippen LogP contribution < -0.4 is 10.6 Å². The van der Waals surface area contributed by atoms with E-state index in [2.05, 4.69) is 5.32 Å². The summed E-state index contributed by atoms with van der Waals surface area (Å²) >= 11 is 23.8. The fourth-order valence-corrected chi connectivity index (χ4v) is 2.87. The highest BCUT2D eigenvalue weighted by Gasteiger charge is 2.38. The van der Waals surface area contributed by atoms with Crippen molar-refractivity contribution in [3.63, 3.8) is 0 Å². The van der Waals surface area contributed by atoms with Crippen molar-refractivity contribution in [2.45, 2.75) is 28.9 Å². The van der Waals surface area contributed by atoms with Gasteiger partial charge in [0, 0.05) is 17.2 Å². The van der Waals surface area contributed by atoms with E-state index < -0.39 is 9.96 Å². The Morgan fingerprint density at radius 1 is 1.45 bits per heavy atom. The van der Waals surface area contributed by atoms with Gasteiger partial charge in [0.25, 0.3) is 9.70 Å². The van der Waals surface area contributed by atoms with Gasteiger partial charge in [-0.05, 0) is 31.0 Å². The zero-order chi connectivity index (χ0) is 16.2. The highest BCUT2D eigenvalue weighted by Crippen LogP contribution is 2.27. The van der Waals surface area contributed by atoms with Crippen molar-refractivity contribution in [2.24, 2.45) is 0 Å². The molecule has 1 aromatic carbocycles. The minimum Gasteiger partial charge on any atom is -0.372 e. The Labute approximate surface area is 149 Å². The number of rotatable bonds is 5. The Balaban J connectivity index is 1.98. The average molecular weight is 387 g/mol. The van der Waals surface area contributed by atoms with E-state index in [1.165, 1.54) is 0 Å². The van der Waals surface area contributed by atoms with E-state index in [1.807, 2.05) is 0 Å². The molecule has 1 aliphatic heterocycles. The van der Waals surface area contributed by atoms with Crippen LogP contribution in [0.3, 0.4) is 0 Å². The van der Waals surface area contributed by atoms with E-state index in [9.17, 15) is 4.79 Å². The number of hydrogen-bond donors (Lipinski definition) is 2. The van der Waals surface area contributed by atoms with Crippen LogP contribution in [0.2, 0.25) is 5.02 Å². The van der Waals surface area contributed by atoms with Gasteiger partial charge in [-0.25, -0.2) is 0 Å². The number of ether oxygens (including phenoxy) is 1. The van der Waals surface area contributed by atoms with E-state index in [1.54, 1.807) is 29.6 Å². The molecule has 0 spiro atoms. The van der Waals surface area contributed by atoms with Gasteiger partial charge in [-0.3, -0.25) is 10.1 Å². The van der Waals surface area contributed by atoms with Gasteiger partial charge in [-0.1, -0.05) is 52.5 Å². The van der Waals surface area contributed by atoms with Gasteiger partial charge in [-0.15, -0.1) is 0 Å². The number of carbonyl (C=O) groups excluding carboxylic acids is 1. The summed E-state index contributed by atoms with van der Waals surface area (Å²) in [5.41, 5.74) is 0.414. The van der Waals surface area contributed by atoms with Gasteiger partial charge in [0.2, 0.25) is 6.17 Å². The second-order valence-electron chi connectivity index (χ2n) is 5.11. The van der Waals surface area contributed by atoms with E-state index in [0.29, 0.717) is 17.1 Å². The number of hydrogen-bond acceptors (Lipinski definition) is 2. The van der Waals surface area contributed by atoms with Crippen LogP contribution in [0.15, 0.2) is 24.3 Å². The molecule has 0 unspecified atom stereocenters. The maximum Gasteiger partial charge on any atom is 0.262 e. The molecule has 8 heteroatoms. The quantitative estimate of drug-likeness (QED) is 0.603. The van der Waals surface area contributed by atoms with Crippen LogP contribution in [0, 0.1) is 0 Å². The molecule has 1 aromatic rings. The SMILES string of the molecule is O=C(N[C@H]([NH2+]C[C@H]1CCCO1)C(Cl)(Cl)Cl)c1cccc(Cl)c1. The van der Waals surface area contributed by atoms with Crippen LogP contribution in [0.25, 0.3) is 0 Å². The minimum absolute atomic E-state index is 0.123. The fraction of sp³-hybridized carbons (Fsp3) is 0.500. The van der Waals surface area contributed by atoms with Crippen LogP contribution in [0.4, 0.5) is 0 Å². The van der Waals surface area contributed by atoms with Crippen molar-refractivity contribution in [2.75, 3.05) is 13.2 Å². The maximum atomic E-state index is 12.3. The molecule has 1 fully saturated rings. The Bertz CT molecular complexity index is 516. The number of amides is 1. The van der Waals surface area contributed by atoms with Crippen molar-refractivity contribution in [3.8, 4) is 0 Å². The van der Waals surface area contributed by atoms with E-state index in [4.69, 9.17) is 51.1 Å². The first-order chi connectivity index (χ1) is 10.4. The first kappa shape index (κ1) is 18.1. The highest BCUT2D eigenvalue weighted by molar-refractivity contribution is 6.68. The van der Waals surface area contributed by atoms with Gasteiger partial charge >= 0.3 is 0 Å². The van der Waals surface area contributed by atoms with E-state index >= 15 is 0 Å². The lowest BCUT2D eigenvalue weighted by Crippen LogP contribution is -2.97. The molecule has 1 saturated heterocycles. The smallest absolute Gasteiger partial charge is 0.262 e. The van der Waals surface area contributed by atoms with Gasteiger partial charge in [0.05, 0.1) is 0 Å². The molecule has 122 valence electrons. The molecule has 1 heterocycles. The van der Waals surface area contributed by atoms with Gasteiger partial charge < -0.3 is 10.1 Å². The summed E-state index contributed by atoms with van der Waals surface area (Å²) in [6, 6.07) is 6.59. The second-order valence-corrected chi connectivity index (χ2v) is 7.91. The summed E-state index contributed by atoms with van der Waals surface area (Å²) in [6.45, 7) is 1.38. The van der Waals surface area contributed by atoms with E-state index in [-0.39, 0.29) is 12.0 Å². The Morgan fingerprint density at radius 2 is 2.23 bits per heavy atom. The summed E-state index contributed by atoms with van der Waals surface area (Å²) in [5, 5.41) is 4.98. The molecular weight excluding hydrogens is 370 g/mol. The van der Waals surface area contributed by atoms with Crippen molar-refractivity contribution < 1.29 is 14.8 Å². The summed E-state index contributed by atoms with van der Waals surface area (Å²) < 4.78 is 3.90. The van der Waals surface area contributed by atoms with Gasteiger partial charge in [-0.2, -0.15) is 0 Å². The molecule has 2 atom stereocenters. The molecule has 22 heavy (non-hydrogen) atoms. The number of nitrogens with one attached hydrogen (secondary N) is 1. The zero-order valence-corrected chi connectivity index (χ0v) is 14.7. The summed E-state index contributed by atoms with van der Waals surface area (Å²) in [4.78, 5) is 12.3. The predicted octanol–water partition coefficient (Wildman–Crippen LogP) is 2.51. The highest BCUT2D eigenvalue weighted by atomic mass is 35.6. The molecule has 0 saturated carbocycles. The lowest BCUT2D eigenvalue weighted by atomic mass is 10.2. The molecule has 4 nitrogen and oxygen atoms in total. The normalized spacial score (nSPS) is 19.9. The predicted molar refractivity (Wildman–Crippen MR) is 88.8 cm³/mol. The summed E-state index contributed by atoms with van der Waals surface area (Å²) in [5.74, 6) is -0.345. The molecular formula is C14H17Cl4N2O2+. The third-order valence-corrected chi connectivity index (χ3v) is 4.33. The second kappa shape index (κ2) is 8.04. The Hall–Kier alpha value is -0.230. The zero-order valence-electron chi connectivity index (χ0n) is 11.7. The molecule has 3 N–H and O–H groups in total.